The van der Waals surface area contributed by atoms with Crippen molar-refractivity contribution in [3.05, 3.63) is 41.9 Å². The maximum atomic E-state index is 12.6. The fraction of sp³-hybridized carbons (Fsp3) is 0.200. The average Bonchev–Trinajstić information content (AvgIpc) is 3.23. The first-order chi connectivity index (χ1) is 11.2. The predicted molar refractivity (Wildman–Crippen MR) is 85.4 cm³/mol. The van der Waals surface area contributed by atoms with Crippen molar-refractivity contribution >= 4 is 28.3 Å². The van der Waals surface area contributed by atoms with E-state index in [1.807, 2.05) is 32.2 Å². The van der Waals surface area contributed by atoms with Crippen LogP contribution in [-0.4, -0.2) is 35.5 Å². The standard InChI is InChI=1S/C15H15N7O/c1-3-10-12-13(18-19-14(12)21(2)20-10)17-15(23)9-8-16-22-7-5-4-6-11(9)22/h4-8H,3H2,1-2H3,(H2,17,18,19,23). The average molecular weight is 309 g/mol. The molecule has 8 nitrogen and oxygen atoms in total. The number of hydrogen-bond donors (Lipinski definition) is 2. The number of aryl methyl sites for hydroxylation is 2. The lowest BCUT2D eigenvalue weighted by molar-refractivity contribution is 0.102. The minimum absolute atomic E-state index is 0.234. The van der Waals surface area contributed by atoms with E-state index in [0.717, 1.165) is 28.7 Å². The Morgan fingerprint density at radius 2 is 2.26 bits per heavy atom. The van der Waals surface area contributed by atoms with E-state index in [2.05, 4.69) is 25.7 Å². The van der Waals surface area contributed by atoms with Crippen LogP contribution in [0.3, 0.4) is 0 Å². The molecule has 0 fully saturated rings. The van der Waals surface area contributed by atoms with Crippen molar-refractivity contribution in [2.75, 3.05) is 5.32 Å². The molecular formula is C15H15N7O. The van der Waals surface area contributed by atoms with Crippen LogP contribution in [-0.2, 0) is 13.5 Å². The van der Waals surface area contributed by atoms with Crippen LogP contribution in [0.2, 0.25) is 0 Å². The van der Waals surface area contributed by atoms with E-state index in [1.165, 1.54) is 0 Å². The zero-order chi connectivity index (χ0) is 16.0. The van der Waals surface area contributed by atoms with Crippen LogP contribution in [0, 0.1) is 0 Å². The van der Waals surface area contributed by atoms with Gasteiger partial charge in [-0.15, -0.1) is 0 Å². The van der Waals surface area contributed by atoms with Crippen molar-refractivity contribution in [3.63, 3.8) is 0 Å². The summed E-state index contributed by atoms with van der Waals surface area (Å²) in [6.45, 7) is 2.02. The maximum absolute atomic E-state index is 12.6. The van der Waals surface area contributed by atoms with E-state index in [0.29, 0.717) is 11.4 Å². The largest absolute Gasteiger partial charge is 0.306 e. The monoisotopic (exact) mass is 309 g/mol. The molecule has 4 rings (SSSR count). The minimum Gasteiger partial charge on any atom is -0.306 e. The van der Waals surface area contributed by atoms with Crippen LogP contribution < -0.4 is 5.32 Å². The lowest BCUT2D eigenvalue weighted by atomic mass is 10.2. The second-order valence-corrected chi connectivity index (χ2v) is 5.26. The molecule has 116 valence electrons. The SMILES string of the molecule is CCc1nn(C)c2n[nH]c(NC(=O)c3cnn4ccccc34)c12. The number of pyridine rings is 1. The predicted octanol–water partition coefficient (Wildman–Crippen LogP) is 1.76. The Hall–Kier alpha value is -3.16. The topological polar surface area (TPSA) is 92.9 Å². The third-order valence-corrected chi connectivity index (χ3v) is 3.86. The molecule has 0 spiro atoms. The van der Waals surface area contributed by atoms with Gasteiger partial charge in [-0.2, -0.15) is 15.3 Å². The molecule has 0 aromatic carbocycles. The van der Waals surface area contributed by atoms with Crippen LogP contribution in [0.4, 0.5) is 5.82 Å². The number of rotatable bonds is 3. The first-order valence-electron chi connectivity index (χ1n) is 7.32. The molecule has 0 saturated carbocycles. The molecule has 0 unspecified atom stereocenters. The molecule has 0 radical (unpaired) electrons. The van der Waals surface area contributed by atoms with Gasteiger partial charge in [0, 0.05) is 13.2 Å². The molecule has 2 N–H and O–H groups in total. The lowest BCUT2D eigenvalue weighted by Gasteiger charge is -2.02. The van der Waals surface area contributed by atoms with E-state index >= 15 is 0 Å². The Morgan fingerprint density at radius 1 is 1.39 bits per heavy atom. The number of anilines is 1. The molecule has 0 aliphatic rings. The van der Waals surface area contributed by atoms with Crippen molar-refractivity contribution in [3.8, 4) is 0 Å². The number of fused-ring (bicyclic) bond motifs is 2. The third kappa shape index (κ3) is 1.99. The number of amides is 1. The normalized spacial score (nSPS) is 11.4. The van der Waals surface area contributed by atoms with Gasteiger partial charge in [-0.1, -0.05) is 13.0 Å². The first-order valence-corrected chi connectivity index (χ1v) is 7.32. The van der Waals surface area contributed by atoms with E-state index in [9.17, 15) is 4.79 Å². The molecule has 0 atom stereocenters. The van der Waals surface area contributed by atoms with Crippen LogP contribution in [0.15, 0.2) is 30.6 Å². The van der Waals surface area contributed by atoms with E-state index in [4.69, 9.17) is 0 Å². The number of H-pyrrole nitrogens is 1. The number of nitrogens with one attached hydrogen (secondary N) is 2. The number of carbonyl (C=O) groups excluding carboxylic acids is 1. The van der Waals surface area contributed by atoms with Crippen molar-refractivity contribution in [1.29, 1.82) is 0 Å². The van der Waals surface area contributed by atoms with Gasteiger partial charge in [-0.05, 0) is 18.6 Å². The van der Waals surface area contributed by atoms with Crippen LogP contribution >= 0.6 is 0 Å². The summed E-state index contributed by atoms with van der Waals surface area (Å²) < 4.78 is 3.37. The third-order valence-electron chi connectivity index (χ3n) is 3.86. The Morgan fingerprint density at radius 3 is 3.09 bits per heavy atom. The van der Waals surface area contributed by atoms with Gasteiger partial charge < -0.3 is 5.32 Å². The van der Waals surface area contributed by atoms with Gasteiger partial charge in [0.15, 0.2) is 5.65 Å². The summed E-state index contributed by atoms with van der Waals surface area (Å²) in [5, 5.41) is 19.4. The highest BCUT2D eigenvalue weighted by molar-refractivity contribution is 6.11. The van der Waals surface area contributed by atoms with Crippen LogP contribution in [0.25, 0.3) is 16.6 Å². The Kier molecular flexibility index (Phi) is 2.90. The highest BCUT2D eigenvalue weighted by Crippen LogP contribution is 2.25. The molecule has 4 aromatic rings. The molecule has 0 aliphatic heterocycles. The van der Waals surface area contributed by atoms with Crippen molar-refractivity contribution in [1.82, 2.24) is 29.6 Å². The lowest BCUT2D eigenvalue weighted by Crippen LogP contribution is -2.12. The van der Waals surface area contributed by atoms with Crippen LogP contribution in [0.1, 0.15) is 23.0 Å². The van der Waals surface area contributed by atoms with Gasteiger partial charge in [0.05, 0.1) is 28.4 Å². The molecule has 0 bridgehead atoms. The smallest absolute Gasteiger partial charge is 0.260 e. The quantitative estimate of drug-likeness (QED) is 0.603. The summed E-state index contributed by atoms with van der Waals surface area (Å²) in [6, 6.07) is 5.59. The molecule has 23 heavy (non-hydrogen) atoms. The van der Waals surface area contributed by atoms with Crippen molar-refractivity contribution in [2.45, 2.75) is 13.3 Å². The molecule has 0 saturated heterocycles. The van der Waals surface area contributed by atoms with Gasteiger partial charge >= 0.3 is 0 Å². The van der Waals surface area contributed by atoms with Gasteiger partial charge in [-0.25, -0.2) is 9.20 Å². The second-order valence-electron chi connectivity index (χ2n) is 5.26. The number of carbonyl (C=O) groups is 1. The van der Waals surface area contributed by atoms with Gasteiger partial charge in [0.1, 0.15) is 5.82 Å². The summed E-state index contributed by atoms with van der Waals surface area (Å²) >= 11 is 0. The van der Waals surface area contributed by atoms with Gasteiger partial charge in [-0.3, -0.25) is 9.89 Å². The zero-order valence-corrected chi connectivity index (χ0v) is 12.7. The number of hydrogen-bond acceptors (Lipinski definition) is 4. The summed E-state index contributed by atoms with van der Waals surface area (Å²) in [5.41, 5.74) is 2.88. The second kappa shape index (κ2) is 4.94. The fourth-order valence-electron chi connectivity index (χ4n) is 2.75. The molecule has 8 heteroatoms. The van der Waals surface area contributed by atoms with E-state index in [-0.39, 0.29) is 5.91 Å². The first kappa shape index (κ1) is 13.5. The number of nitrogens with zero attached hydrogens (tertiary/aromatic N) is 5. The Labute approximate surface area is 131 Å². The van der Waals surface area contributed by atoms with E-state index < -0.39 is 0 Å². The van der Waals surface area contributed by atoms with Crippen molar-refractivity contribution in [2.24, 2.45) is 7.05 Å². The minimum atomic E-state index is -0.234. The molecular weight excluding hydrogens is 294 g/mol. The fourth-order valence-corrected chi connectivity index (χ4v) is 2.75. The molecule has 1 amide bonds. The van der Waals surface area contributed by atoms with E-state index in [1.54, 1.807) is 21.6 Å². The number of aromatic amines is 1. The summed E-state index contributed by atoms with van der Waals surface area (Å²) in [7, 11) is 1.83. The summed E-state index contributed by atoms with van der Waals surface area (Å²) in [4.78, 5) is 12.6. The van der Waals surface area contributed by atoms with Gasteiger partial charge in [0.25, 0.3) is 5.91 Å². The molecule has 4 aromatic heterocycles. The van der Waals surface area contributed by atoms with Crippen LogP contribution in [0.5, 0.6) is 0 Å². The maximum Gasteiger partial charge on any atom is 0.260 e. The highest BCUT2D eigenvalue weighted by Gasteiger charge is 2.19. The van der Waals surface area contributed by atoms with Gasteiger partial charge in [0.2, 0.25) is 0 Å². The van der Waals surface area contributed by atoms with Crippen molar-refractivity contribution < 1.29 is 4.79 Å². The summed E-state index contributed by atoms with van der Waals surface area (Å²) in [6.07, 6.45) is 4.12. The molecule has 4 heterocycles. The molecule has 0 aliphatic carbocycles. The summed E-state index contributed by atoms with van der Waals surface area (Å²) in [5.74, 6) is 0.327. The highest BCUT2D eigenvalue weighted by atomic mass is 16.1. The Bertz CT molecular complexity index is 1020. The zero-order valence-electron chi connectivity index (χ0n) is 12.7. The Balaban J connectivity index is 1.74. The number of aromatic nitrogens is 6.